The fourth-order valence-electron chi connectivity index (χ4n) is 4.08. The maximum atomic E-state index is 13.8. The van der Waals surface area contributed by atoms with E-state index < -0.39 is 6.04 Å². The van der Waals surface area contributed by atoms with Gasteiger partial charge in [-0.15, -0.1) is 5.10 Å². The molecule has 2 aromatic carbocycles. The second-order valence-electron chi connectivity index (χ2n) is 8.52. The summed E-state index contributed by atoms with van der Waals surface area (Å²) in [5, 5.41) is 11.9. The van der Waals surface area contributed by atoms with E-state index in [0.717, 1.165) is 51.1 Å². The molecule has 4 rings (SSSR count). The molecule has 0 saturated carbocycles. The SMILES string of the molecule is CCCCSc1nc2n(n1)C(c1cc(Br)ccc1OC)C(C(=O)Nc1cccc(C)c1C)=C(C)N2. The molecule has 0 saturated heterocycles. The molecule has 1 aliphatic heterocycles. The molecule has 184 valence electrons. The number of allylic oxidation sites excluding steroid dienone is 1. The van der Waals surface area contributed by atoms with E-state index in [-0.39, 0.29) is 5.91 Å². The molecule has 1 aromatic heterocycles. The number of unbranched alkanes of at least 4 members (excludes halogenated alkanes) is 1. The van der Waals surface area contributed by atoms with Crippen molar-refractivity contribution < 1.29 is 9.53 Å². The molecule has 1 atom stereocenters. The number of ether oxygens (including phenoxy) is 1. The van der Waals surface area contributed by atoms with Gasteiger partial charge in [0.15, 0.2) is 0 Å². The van der Waals surface area contributed by atoms with E-state index in [1.54, 1.807) is 23.6 Å². The van der Waals surface area contributed by atoms with Crippen molar-refractivity contribution in [3.05, 3.63) is 68.8 Å². The summed E-state index contributed by atoms with van der Waals surface area (Å²) in [6.45, 7) is 8.11. The number of aromatic nitrogens is 3. The number of carbonyl (C=O) groups excluding carboxylic acids is 1. The van der Waals surface area contributed by atoms with Gasteiger partial charge in [-0.3, -0.25) is 4.79 Å². The maximum absolute atomic E-state index is 13.8. The number of carbonyl (C=O) groups is 1. The first-order valence-corrected chi connectivity index (χ1v) is 13.4. The van der Waals surface area contributed by atoms with Crippen LogP contribution in [0.5, 0.6) is 5.75 Å². The largest absolute Gasteiger partial charge is 0.496 e. The average Bonchev–Trinajstić information content (AvgIpc) is 3.23. The summed E-state index contributed by atoms with van der Waals surface area (Å²) in [5.74, 6) is 2.03. The number of amides is 1. The first-order chi connectivity index (χ1) is 16.8. The normalized spacial score (nSPS) is 15.0. The van der Waals surface area contributed by atoms with Gasteiger partial charge >= 0.3 is 0 Å². The van der Waals surface area contributed by atoms with Crippen molar-refractivity contribution in [3.8, 4) is 5.75 Å². The summed E-state index contributed by atoms with van der Waals surface area (Å²) in [5.41, 5.74) is 5.05. The molecule has 0 spiro atoms. The molecular formula is C26H30BrN5O2S. The second-order valence-corrected chi connectivity index (χ2v) is 10.5. The van der Waals surface area contributed by atoms with Gasteiger partial charge in [-0.05, 0) is 62.6 Å². The molecule has 1 amide bonds. The van der Waals surface area contributed by atoms with Crippen LogP contribution in [0, 0.1) is 13.8 Å². The van der Waals surface area contributed by atoms with Gasteiger partial charge in [-0.25, -0.2) is 4.68 Å². The molecule has 2 N–H and O–H groups in total. The molecule has 9 heteroatoms. The topological polar surface area (TPSA) is 81.1 Å². The molecule has 35 heavy (non-hydrogen) atoms. The number of rotatable bonds is 8. The molecule has 3 aromatic rings. The number of thioether (sulfide) groups is 1. The summed E-state index contributed by atoms with van der Waals surface area (Å²) in [4.78, 5) is 18.5. The van der Waals surface area contributed by atoms with Gasteiger partial charge in [0, 0.05) is 27.2 Å². The predicted molar refractivity (Wildman–Crippen MR) is 145 cm³/mol. The molecule has 2 heterocycles. The lowest BCUT2D eigenvalue weighted by Gasteiger charge is -2.29. The van der Waals surface area contributed by atoms with Gasteiger partial charge < -0.3 is 15.4 Å². The molecule has 7 nitrogen and oxygen atoms in total. The standard InChI is InChI=1S/C26H30BrN5O2S/c1-6-7-13-35-26-30-25-28-17(4)22(24(33)29-20-10-8-9-15(2)16(20)3)23(32(25)31-26)19-14-18(27)11-12-21(19)34-5/h8-12,14,23H,6-7,13H2,1-5H3,(H,29,33)(H,28,30,31). The van der Waals surface area contributed by atoms with Crippen LogP contribution in [0.4, 0.5) is 11.6 Å². The van der Waals surface area contributed by atoms with Crippen molar-refractivity contribution >= 4 is 45.2 Å². The van der Waals surface area contributed by atoms with Gasteiger partial charge in [0.25, 0.3) is 5.91 Å². The van der Waals surface area contributed by atoms with Crippen LogP contribution < -0.4 is 15.4 Å². The Labute approximate surface area is 218 Å². The molecule has 1 unspecified atom stereocenters. The highest BCUT2D eigenvalue weighted by Crippen LogP contribution is 2.41. The number of aryl methyl sites for hydroxylation is 1. The number of nitrogens with zero attached hydrogens (tertiary/aromatic N) is 3. The zero-order valence-corrected chi connectivity index (χ0v) is 23.0. The van der Waals surface area contributed by atoms with Crippen molar-refractivity contribution in [3.63, 3.8) is 0 Å². The van der Waals surface area contributed by atoms with Crippen molar-refractivity contribution in [2.75, 3.05) is 23.5 Å². The van der Waals surface area contributed by atoms with Crippen LogP contribution in [0.2, 0.25) is 0 Å². The highest BCUT2D eigenvalue weighted by Gasteiger charge is 2.36. The van der Waals surface area contributed by atoms with E-state index in [9.17, 15) is 4.79 Å². The van der Waals surface area contributed by atoms with Crippen LogP contribution in [0.1, 0.15) is 49.4 Å². The Kier molecular flexibility index (Phi) is 7.86. The van der Waals surface area contributed by atoms with E-state index in [1.165, 1.54) is 0 Å². The van der Waals surface area contributed by atoms with E-state index in [1.807, 2.05) is 57.2 Å². The summed E-state index contributed by atoms with van der Waals surface area (Å²) in [6, 6.07) is 11.2. The lowest BCUT2D eigenvalue weighted by molar-refractivity contribution is -0.113. The third-order valence-electron chi connectivity index (χ3n) is 6.15. The number of fused-ring (bicyclic) bond motifs is 1. The molecule has 0 aliphatic carbocycles. The van der Waals surface area contributed by atoms with Crippen molar-refractivity contribution in [1.29, 1.82) is 0 Å². The number of halogens is 1. The number of benzene rings is 2. The maximum Gasteiger partial charge on any atom is 0.255 e. The van der Waals surface area contributed by atoms with E-state index in [4.69, 9.17) is 14.8 Å². The summed E-state index contributed by atoms with van der Waals surface area (Å²) >= 11 is 5.21. The minimum Gasteiger partial charge on any atom is -0.496 e. The third kappa shape index (κ3) is 5.26. The van der Waals surface area contributed by atoms with Crippen LogP contribution in [0.25, 0.3) is 0 Å². The number of anilines is 2. The Balaban J connectivity index is 1.81. The third-order valence-corrected chi connectivity index (χ3v) is 7.56. The van der Waals surface area contributed by atoms with Crippen LogP contribution in [0.3, 0.4) is 0 Å². The Hall–Kier alpha value is -2.78. The fraction of sp³-hybridized carbons (Fsp3) is 0.346. The monoisotopic (exact) mass is 555 g/mol. The highest BCUT2D eigenvalue weighted by molar-refractivity contribution is 9.10. The molecule has 0 radical (unpaired) electrons. The average molecular weight is 557 g/mol. The van der Waals surface area contributed by atoms with Crippen LogP contribution >= 0.6 is 27.7 Å². The zero-order valence-electron chi connectivity index (χ0n) is 20.6. The van der Waals surface area contributed by atoms with Crippen molar-refractivity contribution in [2.45, 2.75) is 51.7 Å². The minimum atomic E-state index is -0.517. The summed E-state index contributed by atoms with van der Waals surface area (Å²) in [6.07, 6.45) is 2.20. The molecule has 0 bridgehead atoms. The summed E-state index contributed by atoms with van der Waals surface area (Å²) in [7, 11) is 1.63. The number of hydrogen-bond acceptors (Lipinski definition) is 6. The van der Waals surface area contributed by atoms with Gasteiger partial charge in [-0.1, -0.05) is 53.2 Å². The highest BCUT2D eigenvalue weighted by atomic mass is 79.9. The number of nitrogens with one attached hydrogen (secondary N) is 2. The van der Waals surface area contributed by atoms with Gasteiger partial charge in [-0.2, -0.15) is 4.98 Å². The van der Waals surface area contributed by atoms with E-state index in [2.05, 4.69) is 33.5 Å². The van der Waals surface area contributed by atoms with Crippen molar-refractivity contribution in [2.24, 2.45) is 0 Å². The van der Waals surface area contributed by atoms with Gasteiger partial charge in [0.05, 0.1) is 12.7 Å². The first kappa shape index (κ1) is 25.3. The van der Waals surface area contributed by atoms with Gasteiger partial charge in [0.1, 0.15) is 11.8 Å². The second kappa shape index (κ2) is 10.9. The molecule has 1 aliphatic rings. The first-order valence-electron chi connectivity index (χ1n) is 11.6. The predicted octanol–water partition coefficient (Wildman–Crippen LogP) is 6.49. The number of hydrogen-bond donors (Lipinski definition) is 2. The molecular weight excluding hydrogens is 526 g/mol. The van der Waals surface area contributed by atoms with Crippen LogP contribution in [0.15, 0.2) is 57.3 Å². The van der Waals surface area contributed by atoms with Gasteiger partial charge in [0.2, 0.25) is 11.1 Å². The Morgan fingerprint density at radius 1 is 1.26 bits per heavy atom. The van der Waals surface area contributed by atoms with Crippen LogP contribution in [-0.2, 0) is 4.79 Å². The lowest BCUT2D eigenvalue weighted by Crippen LogP contribution is -2.32. The number of methoxy groups -OCH3 is 1. The summed E-state index contributed by atoms with van der Waals surface area (Å²) < 4.78 is 8.39. The smallest absolute Gasteiger partial charge is 0.255 e. The zero-order chi connectivity index (χ0) is 25.1. The Morgan fingerprint density at radius 2 is 2.06 bits per heavy atom. The Morgan fingerprint density at radius 3 is 2.80 bits per heavy atom. The van der Waals surface area contributed by atoms with Crippen molar-refractivity contribution in [1.82, 2.24) is 14.8 Å². The fourth-order valence-corrected chi connectivity index (χ4v) is 5.37. The molecule has 0 fully saturated rings. The lowest BCUT2D eigenvalue weighted by atomic mass is 9.94. The minimum absolute atomic E-state index is 0.197. The Bertz CT molecular complexity index is 1290. The quantitative estimate of drug-likeness (QED) is 0.244. The van der Waals surface area contributed by atoms with Crippen LogP contribution in [-0.4, -0.2) is 33.5 Å². The van der Waals surface area contributed by atoms with E-state index >= 15 is 0 Å². The van der Waals surface area contributed by atoms with E-state index in [0.29, 0.717) is 22.4 Å².